The van der Waals surface area contributed by atoms with Crippen LogP contribution in [0.2, 0.25) is 0 Å². The van der Waals surface area contributed by atoms with E-state index in [-0.39, 0.29) is 5.91 Å². The van der Waals surface area contributed by atoms with Crippen molar-refractivity contribution in [2.45, 2.75) is 33.1 Å². The molecule has 2 aromatic carbocycles. The van der Waals surface area contributed by atoms with E-state index in [1.165, 1.54) is 0 Å². The van der Waals surface area contributed by atoms with Gasteiger partial charge in [-0.1, -0.05) is 49.6 Å². The molecular weight excluding hydrogens is 362 g/mol. The molecule has 6 heteroatoms. The number of rotatable bonds is 6. The Labute approximate surface area is 169 Å². The topological polar surface area (TPSA) is 85.8 Å². The van der Waals surface area contributed by atoms with Gasteiger partial charge in [-0.05, 0) is 37.6 Å². The third-order valence-corrected chi connectivity index (χ3v) is 5.08. The lowest BCUT2D eigenvalue weighted by molar-refractivity contribution is 0.0955. The van der Waals surface area contributed by atoms with Crippen molar-refractivity contribution in [1.29, 1.82) is 0 Å². The van der Waals surface area contributed by atoms with Crippen LogP contribution >= 0.6 is 0 Å². The zero-order valence-corrected chi connectivity index (χ0v) is 16.8. The first-order chi connectivity index (χ1) is 14.1. The molecule has 1 amide bonds. The fourth-order valence-corrected chi connectivity index (χ4v) is 3.51. The number of benzene rings is 2. The van der Waals surface area contributed by atoms with Crippen LogP contribution in [0, 0.1) is 6.92 Å². The number of hydrogen-bond donors (Lipinski definition) is 2. The summed E-state index contributed by atoms with van der Waals surface area (Å²) in [6, 6.07) is 15.6. The predicted octanol–water partition coefficient (Wildman–Crippen LogP) is 4.38. The van der Waals surface area contributed by atoms with Crippen molar-refractivity contribution < 1.29 is 4.79 Å². The quantitative estimate of drug-likeness (QED) is 0.481. The number of nitrogen functional groups attached to an aromatic ring is 1. The first kappa shape index (κ1) is 18.9. The monoisotopic (exact) mass is 387 g/mol. The Morgan fingerprint density at radius 3 is 2.41 bits per heavy atom. The number of amides is 1. The van der Waals surface area contributed by atoms with Crippen LogP contribution in [0.15, 0.2) is 48.5 Å². The number of unbranched alkanes of at least 4 members (excludes halogenated alkanes) is 2. The van der Waals surface area contributed by atoms with Gasteiger partial charge in [-0.3, -0.25) is 9.36 Å². The summed E-state index contributed by atoms with van der Waals surface area (Å²) in [5, 5.41) is 2.99. The summed E-state index contributed by atoms with van der Waals surface area (Å²) in [7, 11) is 0. The van der Waals surface area contributed by atoms with E-state index in [2.05, 4.69) is 12.2 Å². The highest BCUT2D eigenvalue weighted by Gasteiger charge is 2.24. The normalized spacial score (nSPS) is 11.2. The largest absolute Gasteiger partial charge is 0.384 e. The van der Waals surface area contributed by atoms with Crippen molar-refractivity contribution in [2.24, 2.45) is 0 Å². The molecule has 0 aliphatic heterocycles. The smallest absolute Gasteiger partial charge is 0.257 e. The van der Waals surface area contributed by atoms with Gasteiger partial charge in [0.15, 0.2) is 5.65 Å². The maximum atomic E-state index is 13.0. The number of anilines is 1. The van der Waals surface area contributed by atoms with Gasteiger partial charge >= 0.3 is 0 Å². The van der Waals surface area contributed by atoms with Gasteiger partial charge in [0, 0.05) is 12.2 Å². The first-order valence-corrected chi connectivity index (χ1v) is 10.0. The van der Waals surface area contributed by atoms with Crippen molar-refractivity contribution >= 4 is 33.9 Å². The first-order valence-electron chi connectivity index (χ1n) is 10.0. The number of aryl methyl sites for hydroxylation is 1. The Kier molecular flexibility index (Phi) is 5.16. The molecule has 2 aromatic heterocycles. The molecular formula is C23H25N5O. The van der Waals surface area contributed by atoms with Crippen LogP contribution < -0.4 is 11.1 Å². The third-order valence-electron chi connectivity index (χ3n) is 5.08. The van der Waals surface area contributed by atoms with Crippen LogP contribution in [0.3, 0.4) is 0 Å². The molecule has 4 aromatic rings. The SMILES string of the molecule is CCCCCNC(=O)c1c(N)n(-c2ccc(C)cc2)c2nc3ccccc3nc12. The second-order valence-corrected chi connectivity index (χ2v) is 7.28. The van der Waals surface area contributed by atoms with Crippen LogP contribution in [0.25, 0.3) is 27.9 Å². The highest BCUT2D eigenvalue weighted by Crippen LogP contribution is 2.31. The van der Waals surface area contributed by atoms with Crippen molar-refractivity contribution in [3.05, 3.63) is 59.7 Å². The number of para-hydroxylation sites is 2. The van der Waals surface area contributed by atoms with E-state index in [1.807, 2.05) is 60.0 Å². The summed E-state index contributed by atoms with van der Waals surface area (Å²) in [5.74, 6) is 0.145. The maximum absolute atomic E-state index is 13.0. The lowest BCUT2D eigenvalue weighted by Crippen LogP contribution is -2.25. The Morgan fingerprint density at radius 1 is 1.03 bits per heavy atom. The lowest BCUT2D eigenvalue weighted by atomic mass is 10.2. The van der Waals surface area contributed by atoms with E-state index >= 15 is 0 Å². The number of nitrogens with zero attached hydrogens (tertiary/aromatic N) is 3. The predicted molar refractivity (Wildman–Crippen MR) is 117 cm³/mol. The average molecular weight is 387 g/mol. The summed E-state index contributed by atoms with van der Waals surface area (Å²) in [6.07, 6.45) is 3.11. The molecule has 0 unspecified atom stereocenters. The summed E-state index contributed by atoms with van der Waals surface area (Å²) in [5.41, 5.74) is 11.5. The van der Waals surface area contributed by atoms with E-state index in [4.69, 9.17) is 15.7 Å². The fraction of sp³-hybridized carbons (Fsp3) is 0.261. The van der Waals surface area contributed by atoms with E-state index in [0.717, 1.165) is 41.5 Å². The number of carbonyl (C=O) groups is 1. The van der Waals surface area contributed by atoms with Gasteiger partial charge in [0.05, 0.1) is 11.0 Å². The molecule has 0 saturated carbocycles. The van der Waals surface area contributed by atoms with E-state index in [1.54, 1.807) is 0 Å². The van der Waals surface area contributed by atoms with Gasteiger partial charge in [-0.15, -0.1) is 0 Å². The Balaban J connectivity index is 1.89. The minimum absolute atomic E-state index is 0.209. The Hall–Kier alpha value is -3.41. The number of aromatic nitrogens is 3. The molecule has 0 aliphatic carbocycles. The van der Waals surface area contributed by atoms with Gasteiger partial charge < -0.3 is 11.1 Å². The van der Waals surface area contributed by atoms with Crippen LogP contribution in [0.5, 0.6) is 0 Å². The van der Waals surface area contributed by atoms with E-state index in [0.29, 0.717) is 29.1 Å². The standard InChI is InChI=1S/C23H25N5O/c1-3-4-7-14-25-23(29)19-20-22(27-18-9-6-5-8-17(18)26-20)28(21(19)24)16-12-10-15(2)11-13-16/h5-6,8-13H,3-4,7,14,24H2,1-2H3,(H,25,29). The molecule has 0 spiro atoms. The third kappa shape index (κ3) is 3.53. The van der Waals surface area contributed by atoms with E-state index in [9.17, 15) is 4.79 Å². The van der Waals surface area contributed by atoms with Crippen LogP contribution in [0.1, 0.15) is 42.1 Å². The number of nitrogens with two attached hydrogens (primary N) is 1. The number of hydrogen-bond acceptors (Lipinski definition) is 4. The molecule has 0 aliphatic rings. The Bertz CT molecular complexity index is 1180. The second-order valence-electron chi connectivity index (χ2n) is 7.28. The van der Waals surface area contributed by atoms with E-state index < -0.39 is 0 Å². The molecule has 6 nitrogen and oxygen atoms in total. The van der Waals surface area contributed by atoms with Gasteiger partial charge in [-0.25, -0.2) is 9.97 Å². The minimum atomic E-state index is -0.209. The second kappa shape index (κ2) is 7.91. The summed E-state index contributed by atoms with van der Waals surface area (Å²) in [4.78, 5) is 22.5. The molecule has 0 bridgehead atoms. The fourth-order valence-electron chi connectivity index (χ4n) is 3.51. The molecule has 0 radical (unpaired) electrons. The van der Waals surface area contributed by atoms with Crippen molar-refractivity contribution in [2.75, 3.05) is 12.3 Å². The maximum Gasteiger partial charge on any atom is 0.257 e. The molecule has 2 heterocycles. The van der Waals surface area contributed by atoms with Gasteiger partial charge in [0.1, 0.15) is 16.9 Å². The summed E-state index contributed by atoms with van der Waals surface area (Å²) < 4.78 is 1.81. The van der Waals surface area contributed by atoms with Crippen LogP contribution in [0.4, 0.5) is 5.82 Å². The average Bonchev–Trinajstić information content (AvgIpc) is 3.01. The highest BCUT2D eigenvalue weighted by atomic mass is 16.1. The summed E-state index contributed by atoms with van der Waals surface area (Å²) in [6.45, 7) is 4.78. The highest BCUT2D eigenvalue weighted by molar-refractivity contribution is 6.11. The van der Waals surface area contributed by atoms with Crippen molar-refractivity contribution in [1.82, 2.24) is 19.9 Å². The molecule has 148 valence electrons. The molecule has 29 heavy (non-hydrogen) atoms. The number of nitrogens with one attached hydrogen (secondary N) is 1. The number of carbonyl (C=O) groups excluding carboxylic acids is 1. The molecule has 0 fully saturated rings. The summed E-state index contributed by atoms with van der Waals surface area (Å²) >= 11 is 0. The Morgan fingerprint density at radius 2 is 1.72 bits per heavy atom. The van der Waals surface area contributed by atoms with Crippen molar-refractivity contribution in [3.63, 3.8) is 0 Å². The molecule has 3 N–H and O–H groups in total. The zero-order chi connectivity index (χ0) is 20.4. The van der Waals surface area contributed by atoms with Gasteiger partial charge in [0.2, 0.25) is 0 Å². The van der Waals surface area contributed by atoms with Gasteiger partial charge in [-0.2, -0.15) is 0 Å². The van der Waals surface area contributed by atoms with Crippen LogP contribution in [-0.2, 0) is 0 Å². The van der Waals surface area contributed by atoms with Crippen LogP contribution in [-0.4, -0.2) is 27.0 Å². The number of fused-ring (bicyclic) bond motifs is 2. The van der Waals surface area contributed by atoms with Gasteiger partial charge in [0.25, 0.3) is 5.91 Å². The molecule has 4 rings (SSSR count). The lowest BCUT2D eigenvalue weighted by Gasteiger charge is -2.08. The zero-order valence-electron chi connectivity index (χ0n) is 16.8. The molecule has 0 atom stereocenters. The molecule has 0 saturated heterocycles. The minimum Gasteiger partial charge on any atom is -0.384 e. The van der Waals surface area contributed by atoms with Crippen molar-refractivity contribution in [3.8, 4) is 5.69 Å².